The normalized spacial score (nSPS) is 23.3. The Bertz CT molecular complexity index is 1240. The molecular formula is C29H32Cl2N3NaO4. The monoisotopic (exact) mass is 579 g/mol. The second kappa shape index (κ2) is 13.2. The van der Waals surface area contributed by atoms with E-state index in [-0.39, 0.29) is 60.4 Å². The van der Waals surface area contributed by atoms with Gasteiger partial charge in [-0.1, -0.05) is 56.1 Å². The van der Waals surface area contributed by atoms with E-state index in [1.54, 1.807) is 30.3 Å². The van der Waals surface area contributed by atoms with Gasteiger partial charge in [-0.2, -0.15) is 0 Å². The molecule has 1 spiro atoms. The number of hydrogen-bond donors (Lipinski definition) is 1. The van der Waals surface area contributed by atoms with E-state index in [0.29, 0.717) is 45.1 Å². The standard InChI is InChI=1S/C29H33Cl2N3O4.Na/c1-4-24(19-5-7-20(8-6-19)27(37)32-10-9-25(35)36)34-28(38)26(21-12-22(30)14-23(31)13-21)33-29(34)15-17(2)11-18(3)16-29;/h5-8,12-14,17-18,24H,4,9-11,15-16H2,1-3H3,(H,32,37)(H,35,36);/q;+1/p-1/t17?,18?,24-,29?;/m1./s1. The minimum absolute atomic E-state index is 0. The van der Waals surface area contributed by atoms with E-state index in [4.69, 9.17) is 28.2 Å². The molecule has 0 radical (unpaired) electrons. The summed E-state index contributed by atoms with van der Waals surface area (Å²) in [5.74, 6) is -0.948. The van der Waals surface area contributed by atoms with Gasteiger partial charge in [0.15, 0.2) is 0 Å². The van der Waals surface area contributed by atoms with E-state index >= 15 is 0 Å². The molecule has 10 heteroatoms. The van der Waals surface area contributed by atoms with Crippen LogP contribution in [-0.2, 0) is 9.59 Å². The number of carboxylic acid groups (broad SMARTS) is 1. The van der Waals surface area contributed by atoms with Gasteiger partial charge in [-0.05, 0) is 73.4 Å². The number of carbonyl (C=O) groups excluding carboxylic acids is 3. The van der Waals surface area contributed by atoms with Crippen LogP contribution in [0.2, 0.25) is 10.0 Å². The molecule has 2 aromatic carbocycles. The van der Waals surface area contributed by atoms with Gasteiger partial charge in [0.25, 0.3) is 11.8 Å². The van der Waals surface area contributed by atoms with Crippen molar-refractivity contribution < 1.29 is 49.0 Å². The van der Waals surface area contributed by atoms with Gasteiger partial charge in [0.2, 0.25) is 0 Å². The Hall–Kier alpha value is -1.90. The minimum atomic E-state index is -1.22. The average molecular weight is 580 g/mol. The number of halogens is 2. The molecule has 1 heterocycles. The average Bonchev–Trinajstić information content (AvgIpc) is 3.09. The number of amides is 2. The molecule has 2 amide bonds. The van der Waals surface area contributed by atoms with Gasteiger partial charge in [0.1, 0.15) is 11.4 Å². The number of nitrogens with zero attached hydrogens (tertiary/aromatic N) is 2. The molecule has 202 valence electrons. The van der Waals surface area contributed by atoms with Crippen LogP contribution in [0.3, 0.4) is 0 Å². The fourth-order valence-corrected chi connectivity index (χ4v) is 6.59. The van der Waals surface area contributed by atoms with Crippen LogP contribution >= 0.6 is 23.2 Å². The maximum absolute atomic E-state index is 14.1. The van der Waals surface area contributed by atoms with E-state index in [9.17, 15) is 19.5 Å². The van der Waals surface area contributed by atoms with Crippen molar-refractivity contribution in [3.05, 3.63) is 69.2 Å². The van der Waals surface area contributed by atoms with Crippen molar-refractivity contribution in [2.24, 2.45) is 16.8 Å². The van der Waals surface area contributed by atoms with E-state index in [1.807, 2.05) is 24.0 Å². The van der Waals surface area contributed by atoms with Crippen LogP contribution in [0.4, 0.5) is 0 Å². The number of rotatable bonds is 8. The Morgan fingerprint density at radius 3 is 2.23 bits per heavy atom. The van der Waals surface area contributed by atoms with Crippen molar-refractivity contribution in [2.75, 3.05) is 6.54 Å². The number of hydrogen-bond acceptors (Lipinski definition) is 5. The van der Waals surface area contributed by atoms with Crippen molar-refractivity contribution in [1.29, 1.82) is 0 Å². The number of carboxylic acids is 1. The molecule has 3 atom stereocenters. The Kier molecular flexibility index (Phi) is 10.7. The third-order valence-electron chi connectivity index (χ3n) is 7.35. The van der Waals surface area contributed by atoms with Crippen LogP contribution in [0.5, 0.6) is 0 Å². The van der Waals surface area contributed by atoms with Gasteiger partial charge >= 0.3 is 29.6 Å². The molecule has 2 aromatic rings. The Labute approximate surface area is 261 Å². The summed E-state index contributed by atoms with van der Waals surface area (Å²) < 4.78 is 0. The van der Waals surface area contributed by atoms with Gasteiger partial charge in [-0.3, -0.25) is 14.6 Å². The molecule has 0 aromatic heterocycles. The Morgan fingerprint density at radius 2 is 1.69 bits per heavy atom. The zero-order valence-electron chi connectivity index (χ0n) is 22.8. The Balaban J connectivity index is 0.00000420. The topological polar surface area (TPSA) is 102 Å². The van der Waals surface area contributed by atoms with Crippen LogP contribution < -0.4 is 40.0 Å². The quantitative estimate of drug-likeness (QED) is 0.482. The summed E-state index contributed by atoms with van der Waals surface area (Å²) in [6.07, 6.45) is 3.01. The fourth-order valence-electron chi connectivity index (χ4n) is 6.07. The number of aliphatic carboxylic acids is 1. The maximum Gasteiger partial charge on any atom is 1.00 e. The van der Waals surface area contributed by atoms with Crippen LogP contribution in [-0.4, -0.2) is 40.6 Å². The number of carbonyl (C=O) groups is 3. The molecule has 2 unspecified atom stereocenters. The van der Waals surface area contributed by atoms with Crippen LogP contribution in [0.15, 0.2) is 47.5 Å². The molecule has 1 aliphatic heterocycles. The van der Waals surface area contributed by atoms with Crippen LogP contribution in [0.1, 0.15) is 80.4 Å². The summed E-state index contributed by atoms with van der Waals surface area (Å²) in [6.45, 7) is 6.45. The first-order chi connectivity index (χ1) is 18.0. The van der Waals surface area contributed by atoms with E-state index < -0.39 is 11.6 Å². The molecule has 39 heavy (non-hydrogen) atoms. The molecule has 1 N–H and O–H groups in total. The molecule has 1 fully saturated rings. The summed E-state index contributed by atoms with van der Waals surface area (Å²) in [6, 6.07) is 11.9. The van der Waals surface area contributed by atoms with Gasteiger partial charge in [0, 0.05) is 40.1 Å². The second-order valence-corrected chi connectivity index (χ2v) is 11.4. The van der Waals surface area contributed by atoms with Crippen LogP contribution in [0, 0.1) is 11.8 Å². The molecule has 0 bridgehead atoms. The third-order valence-corrected chi connectivity index (χ3v) is 7.79. The second-order valence-electron chi connectivity index (χ2n) is 10.6. The Morgan fingerprint density at radius 1 is 1.10 bits per heavy atom. The van der Waals surface area contributed by atoms with Gasteiger partial charge in [-0.15, -0.1) is 0 Å². The predicted molar refractivity (Wildman–Crippen MR) is 146 cm³/mol. The molecule has 2 aliphatic rings. The molecular weight excluding hydrogens is 548 g/mol. The largest absolute Gasteiger partial charge is 1.00 e. The molecule has 1 aliphatic carbocycles. The van der Waals surface area contributed by atoms with E-state index in [0.717, 1.165) is 24.8 Å². The van der Waals surface area contributed by atoms with Gasteiger partial charge in [-0.25, -0.2) is 0 Å². The van der Waals surface area contributed by atoms with E-state index in [1.165, 1.54) is 0 Å². The van der Waals surface area contributed by atoms with Crippen molar-refractivity contribution in [2.45, 2.75) is 64.6 Å². The van der Waals surface area contributed by atoms with Gasteiger partial charge in [0.05, 0.1) is 6.04 Å². The molecule has 7 nitrogen and oxygen atoms in total. The fraction of sp³-hybridized carbons (Fsp3) is 0.448. The first-order valence-electron chi connectivity index (χ1n) is 13.0. The summed E-state index contributed by atoms with van der Waals surface area (Å²) in [5.41, 5.74) is 1.62. The number of nitrogens with one attached hydrogen (secondary N) is 1. The van der Waals surface area contributed by atoms with Crippen molar-refractivity contribution in [3.8, 4) is 0 Å². The zero-order chi connectivity index (χ0) is 27.6. The summed E-state index contributed by atoms with van der Waals surface area (Å²) in [7, 11) is 0. The number of benzene rings is 2. The third kappa shape index (κ3) is 7.06. The van der Waals surface area contributed by atoms with E-state index in [2.05, 4.69) is 19.2 Å². The SMILES string of the molecule is CC[C@H](c1ccc(C(=O)NCCC(=O)[O-])cc1)N1C(=O)C(c2cc(Cl)cc(Cl)c2)=NC12CC(C)CC(C)C2.[Na+]. The summed E-state index contributed by atoms with van der Waals surface area (Å²) >= 11 is 12.6. The molecule has 4 rings (SSSR count). The number of aliphatic imine (C=N–C) groups is 1. The maximum atomic E-state index is 14.1. The zero-order valence-corrected chi connectivity index (χ0v) is 26.3. The van der Waals surface area contributed by atoms with Crippen molar-refractivity contribution >= 4 is 46.7 Å². The van der Waals surface area contributed by atoms with Crippen LogP contribution in [0.25, 0.3) is 0 Å². The summed E-state index contributed by atoms with van der Waals surface area (Å²) in [4.78, 5) is 44.3. The smallest absolute Gasteiger partial charge is 0.550 e. The van der Waals surface area contributed by atoms with Gasteiger partial charge < -0.3 is 20.1 Å². The molecule has 0 saturated heterocycles. The molecule has 1 saturated carbocycles. The first kappa shape index (κ1) is 31.6. The minimum Gasteiger partial charge on any atom is -0.550 e. The predicted octanol–water partition coefficient (Wildman–Crippen LogP) is 1.80. The first-order valence-corrected chi connectivity index (χ1v) is 13.8. The van der Waals surface area contributed by atoms with Crippen molar-refractivity contribution in [1.82, 2.24) is 10.2 Å². The van der Waals surface area contributed by atoms with Crippen molar-refractivity contribution in [3.63, 3.8) is 0 Å². The summed E-state index contributed by atoms with van der Waals surface area (Å²) in [5, 5.41) is 14.1.